The van der Waals surface area contributed by atoms with Crippen molar-refractivity contribution in [3.63, 3.8) is 0 Å². The van der Waals surface area contributed by atoms with Gasteiger partial charge in [-0.25, -0.2) is 0 Å². The molecule has 2 rings (SSSR count). The van der Waals surface area contributed by atoms with Gasteiger partial charge in [-0.05, 0) is 26.7 Å². The average molecular weight is 180 g/mol. The molecule has 0 bridgehead atoms. The summed E-state index contributed by atoms with van der Waals surface area (Å²) in [6.45, 7) is 4.06. The van der Waals surface area contributed by atoms with Crippen LogP contribution in [0.15, 0.2) is 10.6 Å². The van der Waals surface area contributed by atoms with Gasteiger partial charge < -0.3 is 9.84 Å². The summed E-state index contributed by atoms with van der Waals surface area (Å²) in [4.78, 5) is 0. The Kier molecular flexibility index (Phi) is 2.36. The van der Waals surface area contributed by atoms with E-state index in [-0.39, 0.29) is 0 Å². The molecule has 72 valence electrons. The highest BCUT2D eigenvalue weighted by atomic mass is 16.5. The summed E-state index contributed by atoms with van der Waals surface area (Å²) in [5.41, 5.74) is 1.02. The topological polar surface area (TPSA) is 38.1 Å². The fourth-order valence-corrected chi connectivity index (χ4v) is 1.60. The molecule has 1 saturated carbocycles. The number of hydrogen-bond donors (Lipinski definition) is 1. The number of rotatable bonds is 3. The van der Waals surface area contributed by atoms with Crippen LogP contribution in [0.5, 0.6) is 0 Å². The maximum Gasteiger partial charge on any atom is 0.133 e. The fraction of sp³-hybridized carbons (Fsp3) is 0.700. The summed E-state index contributed by atoms with van der Waals surface area (Å²) < 4.78 is 5.03. The standard InChI is InChI=1S/C10H16N2O/c1-7-6-10(12-13-7)8(2)11-9-4-3-5-9/h6,8-9,11H,3-5H2,1-2H3. The van der Waals surface area contributed by atoms with Crippen LogP contribution in [-0.2, 0) is 0 Å². The Bertz CT molecular complexity index is 278. The van der Waals surface area contributed by atoms with Crippen molar-refractivity contribution in [3.8, 4) is 0 Å². The van der Waals surface area contributed by atoms with Crippen molar-refractivity contribution in [2.75, 3.05) is 0 Å². The second kappa shape index (κ2) is 3.50. The normalized spacial score (nSPS) is 19.8. The van der Waals surface area contributed by atoms with Crippen molar-refractivity contribution < 1.29 is 4.52 Å². The van der Waals surface area contributed by atoms with Gasteiger partial charge in [0, 0.05) is 12.1 Å². The number of nitrogens with one attached hydrogen (secondary N) is 1. The molecule has 1 aromatic rings. The quantitative estimate of drug-likeness (QED) is 0.774. The molecule has 0 aromatic carbocycles. The molecule has 1 aliphatic carbocycles. The summed E-state index contributed by atoms with van der Waals surface area (Å²) in [6.07, 6.45) is 3.98. The molecular formula is C10H16N2O. The van der Waals surface area contributed by atoms with E-state index in [9.17, 15) is 0 Å². The Morgan fingerprint density at radius 3 is 2.85 bits per heavy atom. The largest absolute Gasteiger partial charge is 0.361 e. The maximum absolute atomic E-state index is 5.03. The lowest BCUT2D eigenvalue weighted by Gasteiger charge is -2.29. The highest BCUT2D eigenvalue weighted by molar-refractivity contribution is 5.08. The molecule has 1 heterocycles. The first-order valence-electron chi connectivity index (χ1n) is 4.95. The van der Waals surface area contributed by atoms with Gasteiger partial charge in [0.05, 0.1) is 6.04 Å². The third-order valence-corrected chi connectivity index (χ3v) is 2.68. The van der Waals surface area contributed by atoms with Crippen LogP contribution in [0.3, 0.4) is 0 Å². The summed E-state index contributed by atoms with van der Waals surface area (Å²) in [5, 5.41) is 7.51. The molecule has 1 unspecified atom stereocenters. The van der Waals surface area contributed by atoms with Gasteiger partial charge in [0.1, 0.15) is 11.5 Å². The van der Waals surface area contributed by atoms with Gasteiger partial charge in [-0.3, -0.25) is 0 Å². The number of nitrogens with zero attached hydrogens (tertiary/aromatic N) is 1. The minimum Gasteiger partial charge on any atom is -0.361 e. The van der Waals surface area contributed by atoms with E-state index in [1.807, 2.05) is 13.0 Å². The highest BCUT2D eigenvalue weighted by Gasteiger charge is 2.20. The smallest absolute Gasteiger partial charge is 0.133 e. The fourth-order valence-electron chi connectivity index (χ4n) is 1.60. The Morgan fingerprint density at radius 2 is 2.38 bits per heavy atom. The molecule has 0 saturated heterocycles. The molecule has 0 radical (unpaired) electrons. The molecule has 1 atom stereocenters. The zero-order valence-electron chi connectivity index (χ0n) is 8.21. The molecule has 0 spiro atoms. The zero-order valence-corrected chi connectivity index (χ0v) is 8.21. The van der Waals surface area contributed by atoms with E-state index in [4.69, 9.17) is 4.52 Å². The van der Waals surface area contributed by atoms with Crippen molar-refractivity contribution in [2.24, 2.45) is 0 Å². The second-order valence-corrected chi connectivity index (χ2v) is 3.88. The van der Waals surface area contributed by atoms with Gasteiger partial charge in [0.2, 0.25) is 0 Å². The van der Waals surface area contributed by atoms with Crippen LogP contribution >= 0.6 is 0 Å². The minimum atomic E-state index is 0.322. The number of aryl methyl sites for hydroxylation is 1. The molecule has 0 amide bonds. The Hall–Kier alpha value is -0.830. The van der Waals surface area contributed by atoms with Crippen LogP contribution in [0.25, 0.3) is 0 Å². The lowest BCUT2D eigenvalue weighted by Crippen LogP contribution is -2.36. The summed E-state index contributed by atoms with van der Waals surface area (Å²) in [7, 11) is 0. The van der Waals surface area contributed by atoms with Gasteiger partial charge in [0.15, 0.2) is 0 Å². The van der Waals surface area contributed by atoms with E-state index in [0.29, 0.717) is 12.1 Å². The van der Waals surface area contributed by atoms with E-state index < -0.39 is 0 Å². The van der Waals surface area contributed by atoms with Gasteiger partial charge in [0.25, 0.3) is 0 Å². The van der Waals surface area contributed by atoms with E-state index >= 15 is 0 Å². The second-order valence-electron chi connectivity index (χ2n) is 3.88. The van der Waals surface area contributed by atoms with Crippen LogP contribution in [0.2, 0.25) is 0 Å². The third-order valence-electron chi connectivity index (χ3n) is 2.68. The third kappa shape index (κ3) is 1.91. The molecule has 1 N–H and O–H groups in total. The molecule has 3 heteroatoms. The first-order chi connectivity index (χ1) is 6.25. The van der Waals surface area contributed by atoms with E-state index in [1.54, 1.807) is 0 Å². The molecule has 1 aliphatic rings. The number of aromatic nitrogens is 1. The minimum absolute atomic E-state index is 0.322. The SMILES string of the molecule is Cc1cc(C(C)NC2CCC2)no1. The maximum atomic E-state index is 5.03. The average Bonchev–Trinajstić information content (AvgIpc) is 2.44. The predicted molar refractivity (Wildman–Crippen MR) is 50.4 cm³/mol. The van der Waals surface area contributed by atoms with Crippen LogP contribution < -0.4 is 5.32 Å². The molecule has 0 aliphatic heterocycles. The molecule has 3 nitrogen and oxygen atoms in total. The highest BCUT2D eigenvalue weighted by Crippen LogP contribution is 2.22. The lowest BCUT2D eigenvalue weighted by atomic mass is 9.92. The van der Waals surface area contributed by atoms with Gasteiger partial charge in [-0.1, -0.05) is 11.6 Å². The van der Waals surface area contributed by atoms with Gasteiger partial charge in [-0.15, -0.1) is 0 Å². The predicted octanol–water partition coefficient (Wildman–Crippen LogP) is 2.19. The molecular weight excluding hydrogens is 164 g/mol. The Balaban J connectivity index is 1.92. The summed E-state index contributed by atoms with van der Waals surface area (Å²) in [5.74, 6) is 0.886. The van der Waals surface area contributed by atoms with Crippen molar-refractivity contribution in [2.45, 2.75) is 45.2 Å². The van der Waals surface area contributed by atoms with E-state index in [0.717, 1.165) is 11.5 Å². The van der Waals surface area contributed by atoms with Crippen LogP contribution in [0, 0.1) is 6.92 Å². The van der Waals surface area contributed by atoms with E-state index in [1.165, 1.54) is 19.3 Å². The molecule has 1 aromatic heterocycles. The summed E-state index contributed by atoms with van der Waals surface area (Å²) >= 11 is 0. The van der Waals surface area contributed by atoms with Gasteiger partial charge >= 0.3 is 0 Å². The lowest BCUT2D eigenvalue weighted by molar-refractivity contribution is 0.303. The monoisotopic (exact) mass is 180 g/mol. The number of hydrogen-bond acceptors (Lipinski definition) is 3. The summed E-state index contributed by atoms with van der Waals surface area (Å²) in [6, 6.07) is 3.02. The van der Waals surface area contributed by atoms with Crippen molar-refractivity contribution in [1.82, 2.24) is 10.5 Å². The zero-order chi connectivity index (χ0) is 9.26. The molecule has 1 fully saturated rings. The van der Waals surface area contributed by atoms with Crippen molar-refractivity contribution in [3.05, 3.63) is 17.5 Å². The van der Waals surface area contributed by atoms with Crippen LogP contribution in [0.4, 0.5) is 0 Å². The first-order valence-corrected chi connectivity index (χ1v) is 4.95. The Labute approximate surface area is 78.5 Å². The first kappa shape index (κ1) is 8.75. The van der Waals surface area contributed by atoms with Crippen LogP contribution in [-0.4, -0.2) is 11.2 Å². The van der Waals surface area contributed by atoms with Gasteiger partial charge in [-0.2, -0.15) is 0 Å². The Morgan fingerprint density at radius 1 is 1.62 bits per heavy atom. The van der Waals surface area contributed by atoms with E-state index in [2.05, 4.69) is 17.4 Å². The van der Waals surface area contributed by atoms with Crippen molar-refractivity contribution >= 4 is 0 Å². The molecule has 13 heavy (non-hydrogen) atoms. The van der Waals surface area contributed by atoms with Crippen LogP contribution in [0.1, 0.15) is 43.7 Å². The van der Waals surface area contributed by atoms with Crippen molar-refractivity contribution in [1.29, 1.82) is 0 Å².